The van der Waals surface area contributed by atoms with Gasteiger partial charge in [-0.2, -0.15) is 11.8 Å². The number of nitrogens with one attached hydrogen (secondary N) is 1. The van der Waals surface area contributed by atoms with Crippen LogP contribution in [0, 0.1) is 0 Å². The Morgan fingerprint density at radius 3 is 2.55 bits per heavy atom. The van der Waals surface area contributed by atoms with Gasteiger partial charge in [0.1, 0.15) is 5.54 Å². The molecule has 0 bridgehead atoms. The van der Waals surface area contributed by atoms with Crippen molar-refractivity contribution in [1.29, 1.82) is 0 Å². The van der Waals surface area contributed by atoms with Crippen molar-refractivity contribution in [1.82, 2.24) is 5.32 Å². The summed E-state index contributed by atoms with van der Waals surface area (Å²) < 4.78 is 5.19. The van der Waals surface area contributed by atoms with Gasteiger partial charge in [-0.25, -0.2) is 0 Å². The fourth-order valence-corrected chi connectivity index (χ4v) is 3.52. The molecule has 1 unspecified atom stereocenters. The molecule has 4 nitrogen and oxygen atoms in total. The summed E-state index contributed by atoms with van der Waals surface area (Å²) in [4.78, 5) is 12.2. The fourth-order valence-electron chi connectivity index (χ4n) is 2.26. The Bertz CT molecular complexity index is 448. The van der Waals surface area contributed by atoms with Gasteiger partial charge in [0.05, 0.1) is 18.5 Å². The number of hydrogen-bond donors (Lipinski definition) is 2. The van der Waals surface area contributed by atoms with E-state index in [1.54, 1.807) is 11.8 Å². The number of nitrogens with two attached hydrogens (primary N) is 1. The van der Waals surface area contributed by atoms with Gasteiger partial charge in [0, 0.05) is 11.8 Å². The first kappa shape index (κ1) is 15.4. The summed E-state index contributed by atoms with van der Waals surface area (Å²) in [6.07, 6.45) is 0. The highest BCUT2D eigenvalue weighted by atomic mass is 32.2. The molecule has 1 amide bonds. The molecular weight excluding hydrogens is 272 g/mol. The molecule has 0 saturated carbocycles. The summed E-state index contributed by atoms with van der Waals surface area (Å²) >= 11 is 1.75. The van der Waals surface area contributed by atoms with E-state index in [1.807, 2.05) is 44.2 Å². The Morgan fingerprint density at radius 2 is 2.10 bits per heavy atom. The first-order valence-corrected chi connectivity index (χ1v) is 7.92. The first-order valence-electron chi connectivity index (χ1n) is 6.87. The minimum Gasteiger partial charge on any atom is -0.379 e. The van der Waals surface area contributed by atoms with E-state index in [4.69, 9.17) is 10.5 Å². The highest BCUT2D eigenvalue weighted by molar-refractivity contribution is 8.00. The monoisotopic (exact) mass is 294 g/mol. The maximum atomic E-state index is 12.2. The molecule has 0 aromatic heterocycles. The Morgan fingerprint density at radius 1 is 1.45 bits per heavy atom. The summed E-state index contributed by atoms with van der Waals surface area (Å²) in [6.45, 7) is 5.57. The smallest absolute Gasteiger partial charge is 0.243 e. The summed E-state index contributed by atoms with van der Waals surface area (Å²) in [7, 11) is 0. The number of thioether (sulfide) groups is 1. The van der Waals surface area contributed by atoms with Crippen molar-refractivity contribution in [3.05, 3.63) is 35.9 Å². The van der Waals surface area contributed by atoms with Crippen molar-refractivity contribution in [3.8, 4) is 0 Å². The number of ether oxygens (including phenoxy) is 1. The maximum Gasteiger partial charge on any atom is 0.243 e. The molecule has 3 N–H and O–H groups in total. The minimum atomic E-state index is -0.824. The predicted molar refractivity (Wildman–Crippen MR) is 82.7 cm³/mol. The van der Waals surface area contributed by atoms with Gasteiger partial charge in [-0.15, -0.1) is 0 Å². The second kappa shape index (κ2) is 6.61. The largest absolute Gasteiger partial charge is 0.379 e. The van der Waals surface area contributed by atoms with Crippen LogP contribution < -0.4 is 11.1 Å². The van der Waals surface area contributed by atoms with E-state index >= 15 is 0 Å². The van der Waals surface area contributed by atoms with Gasteiger partial charge in [-0.05, 0) is 19.4 Å². The van der Waals surface area contributed by atoms with Crippen LogP contribution in [0.3, 0.4) is 0 Å². The van der Waals surface area contributed by atoms with Crippen molar-refractivity contribution >= 4 is 17.7 Å². The molecule has 1 atom stereocenters. The van der Waals surface area contributed by atoms with Crippen LogP contribution in [-0.2, 0) is 15.1 Å². The van der Waals surface area contributed by atoms with Gasteiger partial charge in [-0.3, -0.25) is 10.1 Å². The zero-order chi connectivity index (χ0) is 14.6. The predicted octanol–water partition coefficient (Wildman–Crippen LogP) is 1.50. The molecule has 1 aliphatic rings. The van der Waals surface area contributed by atoms with Crippen molar-refractivity contribution < 1.29 is 9.53 Å². The zero-order valence-electron chi connectivity index (χ0n) is 12.0. The molecule has 5 heteroatoms. The average molecular weight is 294 g/mol. The van der Waals surface area contributed by atoms with E-state index in [2.05, 4.69) is 5.32 Å². The summed E-state index contributed by atoms with van der Waals surface area (Å²) in [5, 5.41) is 3.84. The van der Waals surface area contributed by atoms with Crippen LogP contribution in [-0.4, -0.2) is 36.2 Å². The summed E-state index contributed by atoms with van der Waals surface area (Å²) in [5.41, 5.74) is 5.85. The number of benzene rings is 1. The molecule has 110 valence electrons. The first-order chi connectivity index (χ1) is 9.54. The standard InChI is InChI=1S/C15H22N2O2S/c1-11(2)17-15(14(16)18,10-20-13-8-19-9-13)12-6-4-3-5-7-12/h3-7,11,13,17H,8-10H2,1-2H3,(H2,16,18). The van der Waals surface area contributed by atoms with Crippen LogP contribution in [0.25, 0.3) is 0 Å². The summed E-state index contributed by atoms with van der Waals surface area (Å²) in [5.74, 6) is 0.295. The number of carbonyl (C=O) groups excluding carboxylic acids is 1. The van der Waals surface area contributed by atoms with Crippen LogP contribution in [0.1, 0.15) is 19.4 Å². The highest BCUT2D eigenvalue weighted by Gasteiger charge is 2.40. The van der Waals surface area contributed by atoms with Gasteiger partial charge >= 0.3 is 0 Å². The number of hydrogen-bond acceptors (Lipinski definition) is 4. The molecule has 1 saturated heterocycles. The van der Waals surface area contributed by atoms with Gasteiger partial charge in [0.2, 0.25) is 5.91 Å². The lowest BCUT2D eigenvalue weighted by Gasteiger charge is -2.36. The minimum absolute atomic E-state index is 0.168. The topological polar surface area (TPSA) is 64.3 Å². The van der Waals surface area contributed by atoms with E-state index in [0.717, 1.165) is 18.8 Å². The second-order valence-electron chi connectivity index (χ2n) is 5.41. The second-order valence-corrected chi connectivity index (χ2v) is 6.69. The Kier molecular flexibility index (Phi) is 5.07. The molecule has 1 aromatic carbocycles. The normalized spacial score (nSPS) is 18.6. The molecule has 1 aliphatic heterocycles. The van der Waals surface area contributed by atoms with Crippen LogP contribution in [0.5, 0.6) is 0 Å². The molecule has 0 aliphatic carbocycles. The number of primary amides is 1. The van der Waals surface area contributed by atoms with Crippen LogP contribution in [0.4, 0.5) is 0 Å². The quantitative estimate of drug-likeness (QED) is 0.800. The van der Waals surface area contributed by atoms with E-state index in [0.29, 0.717) is 11.0 Å². The number of rotatable bonds is 7. The van der Waals surface area contributed by atoms with E-state index < -0.39 is 5.54 Å². The van der Waals surface area contributed by atoms with E-state index in [1.165, 1.54) is 0 Å². The van der Waals surface area contributed by atoms with Crippen molar-refractivity contribution in [2.24, 2.45) is 5.73 Å². The Hall–Kier alpha value is -1.04. The van der Waals surface area contributed by atoms with Crippen molar-refractivity contribution in [3.63, 3.8) is 0 Å². The summed E-state index contributed by atoms with van der Waals surface area (Å²) in [6, 6.07) is 9.90. The Balaban J connectivity index is 2.25. The fraction of sp³-hybridized carbons (Fsp3) is 0.533. The van der Waals surface area contributed by atoms with Gasteiger partial charge in [-0.1, -0.05) is 30.3 Å². The Labute approximate surface area is 124 Å². The van der Waals surface area contributed by atoms with Gasteiger partial charge in [0.25, 0.3) is 0 Å². The van der Waals surface area contributed by atoms with Crippen LogP contribution in [0.2, 0.25) is 0 Å². The molecule has 2 rings (SSSR count). The lowest BCUT2D eigenvalue weighted by molar-refractivity contribution is -0.124. The molecular formula is C15H22N2O2S. The molecule has 1 aromatic rings. The third-order valence-corrected chi connectivity index (χ3v) is 4.71. The number of amides is 1. The molecule has 1 heterocycles. The van der Waals surface area contributed by atoms with Crippen molar-refractivity contribution in [2.45, 2.75) is 30.7 Å². The molecule has 1 fully saturated rings. The van der Waals surface area contributed by atoms with Gasteiger partial charge < -0.3 is 10.5 Å². The van der Waals surface area contributed by atoms with Crippen molar-refractivity contribution in [2.75, 3.05) is 19.0 Å². The van der Waals surface area contributed by atoms with Crippen LogP contribution >= 0.6 is 11.8 Å². The average Bonchev–Trinajstić information content (AvgIpc) is 2.35. The molecule has 20 heavy (non-hydrogen) atoms. The molecule has 0 spiro atoms. The lowest BCUT2D eigenvalue weighted by atomic mass is 9.90. The van der Waals surface area contributed by atoms with E-state index in [9.17, 15) is 4.79 Å². The third-order valence-electron chi connectivity index (χ3n) is 3.37. The van der Waals surface area contributed by atoms with E-state index in [-0.39, 0.29) is 11.9 Å². The SMILES string of the molecule is CC(C)NC(CSC1COC1)(C(N)=O)c1ccccc1. The van der Waals surface area contributed by atoms with Gasteiger partial charge in [0.15, 0.2) is 0 Å². The highest BCUT2D eigenvalue weighted by Crippen LogP contribution is 2.30. The zero-order valence-corrected chi connectivity index (χ0v) is 12.8. The van der Waals surface area contributed by atoms with Crippen LogP contribution in [0.15, 0.2) is 30.3 Å². The lowest BCUT2D eigenvalue weighted by Crippen LogP contribution is -2.57. The maximum absolute atomic E-state index is 12.2. The number of carbonyl (C=O) groups is 1. The molecule has 0 radical (unpaired) electrons. The third kappa shape index (κ3) is 3.34.